The summed E-state index contributed by atoms with van der Waals surface area (Å²) < 4.78 is 13.0. The summed E-state index contributed by atoms with van der Waals surface area (Å²) in [7, 11) is 0. The maximum atomic E-state index is 13.0. The number of amides is 1. The van der Waals surface area contributed by atoms with E-state index in [1.807, 2.05) is 6.08 Å². The Kier molecular flexibility index (Phi) is 5.07. The number of hydrogen-bond donors (Lipinski definition) is 1. The molecule has 0 unspecified atom stereocenters. The Morgan fingerprint density at radius 3 is 2.88 bits per heavy atom. The molecule has 0 saturated heterocycles. The summed E-state index contributed by atoms with van der Waals surface area (Å²) in [5, 5.41) is 2.66. The van der Waals surface area contributed by atoms with Gasteiger partial charge >= 0.3 is 0 Å². The summed E-state index contributed by atoms with van der Waals surface area (Å²) in [6.45, 7) is 2.02. The summed E-state index contributed by atoms with van der Waals surface area (Å²) in [5.74, 6) is -0.584. The van der Waals surface area contributed by atoms with E-state index < -0.39 is 5.82 Å². The highest BCUT2D eigenvalue weighted by Crippen LogP contribution is 2.10. The van der Waals surface area contributed by atoms with Crippen LogP contribution in [0.1, 0.15) is 29.3 Å². The third-order valence-corrected chi connectivity index (χ3v) is 2.14. The Hall–Kier alpha value is -1.97. The monoisotopic (exact) mass is 235 g/mol. The zero-order valence-electron chi connectivity index (χ0n) is 9.57. The minimum absolute atomic E-state index is 0.0500. The van der Waals surface area contributed by atoms with Crippen LogP contribution in [0.4, 0.5) is 4.39 Å². The highest BCUT2D eigenvalue weighted by Gasteiger charge is 1.99. The van der Waals surface area contributed by atoms with Crippen LogP contribution >= 0.6 is 0 Å². The first-order valence-electron chi connectivity index (χ1n) is 5.29. The van der Waals surface area contributed by atoms with Gasteiger partial charge in [0, 0.05) is 13.5 Å². The molecule has 0 bridgehead atoms. The molecule has 1 amide bonds. The van der Waals surface area contributed by atoms with E-state index in [2.05, 4.69) is 5.32 Å². The maximum absolute atomic E-state index is 13.0. The topological polar surface area (TPSA) is 46.2 Å². The number of rotatable bonds is 5. The number of halogens is 1. The van der Waals surface area contributed by atoms with E-state index in [-0.39, 0.29) is 11.5 Å². The molecular weight excluding hydrogens is 221 g/mol. The molecule has 0 atom stereocenters. The molecule has 0 aliphatic carbocycles. The molecule has 1 aromatic rings. The van der Waals surface area contributed by atoms with E-state index in [1.165, 1.54) is 19.1 Å². The molecule has 1 N–H and O–H groups in total. The van der Waals surface area contributed by atoms with Gasteiger partial charge in [-0.05, 0) is 24.1 Å². The van der Waals surface area contributed by atoms with Gasteiger partial charge in [-0.25, -0.2) is 4.39 Å². The van der Waals surface area contributed by atoms with Crippen LogP contribution in [-0.2, 0) is 4.79 Å². The van der Waals surface area contributed by atoms with Gasteiger partial charge in [0.25, 0.3) is 0 Å². The quantitative estimate of drug-likeness (QED) is 0.628. The van der Waals surface area contributed by atoms with Crippen molar-refractivity contribution < 1.29 is 14.0 Å². The minimum atomic E-state index is -0.518. The molecule has 0 aromatic heterocycles. The van der Waals surface area contributed by atoms with E-state index in [9.17, 15) is 14.0 Å². The third-order valence-electron chi connectivity index (χ3n) is 2.14. The van der Waals surface area contributed by atoms with Crippen LogP contribution < -0.4 is 5.32 Å². The Balaban J connectivity index is 2.53. The van der Waals surface area contributed by atoms with Crippen molar-refractivity contribution >= 4 is 18.3 Å². The summed E-state index contributed by atoms with van der Waals surface area (Å²) in [4.78, 5) is 21.1. The van der Waals surface area contributed by atoms with Gasteiger partial charge in [0.15, 0.2) is 6.29 Å². The van der Waals surface area contributed by atoms with Crippen molar-refractivity contribution in [2.24, 2.45) is 0 Å². The zero-order valence-corrected chi connectivity index (χ0v) is 9.57. The largest absolute Gasteiger partial charge is 0.356 e. The van der Waals surface area contributed by atoms with Gasteiger partial charge in [0.05, 0.1) is 5.56 Å². The van der Waals surface area contributed by atoms with Crippen molar-refractivity contribution in [3.63, 3.8) is 0 Å². The van der Waals surface area contributed by atoms with Gasteiger partial charge in [-0.2, -0.15) is 0 Å². The summed E-state index contributed by atoms with van der Waals surface area (Å²) in [6, 6.07) is 4.34. The molecule has 0 saturated carbocycles. The van der Waals surface area contributed by atoms with E-state index in [4.69, 9.17) is 0 Å². The van der Waals surface area contributed by atoms with Crippen LogP contribution in [0.3, 0.4) is 0 Å². The SMILES string of the molecule is CC(=O)NCCC=Cc1ccc(F)c(C=O)c1. The number of aldehydes is 1. The first-order valence-corrected chi connectivity index (χ1v) is 5.29. The second kappa shape index (κ2) is 6.58. The molecule has 1 aromatic carbocycles. The lowest BCUT2D eigenvalue weighted by Crippen LogP contribution is -2.20. The summed E-state index contributed by atoms with van der Waals surface area (Å²) >= 11 is 0. The highest BCUT2D eigenvalue weighted by molar-refractivity contribution is 5.76. The second-order valence-corrected chi connectivity index (χ2v) is 3.57. The van der Waals surface area contributed by atoms with Crippen LogP contribution in [0.25, 0.3) is 6.08 Å². The van der Waals surface area contributed by atoms with Gasteiger partial charge in [-0.1, -0.05) is 18.2 Å². The molecule has 0 radical (unpaired) electrons. The molecule has 1 rings (SSSR count). The minimum Gasteiger partial charge on any atom is -0.356 e. The average molecular weight is 235 g/mol. The summed E-state index contributed by atoms with van der Waals surface area (Å²) in [6.07, 6.45) is 4.82. The number of benzene rings is 1. The second-order valence-electron chi connectivity index (χ2n) is 3.57. The lowest BCUT2D eigenvalue weighted by atomic mass is 10.1. The predicted molar refractivity (Wildman–Crippen MR) is 64.1 cm³/mol. The third kappa shape index (κ3) is 4.59. The molecular formula is C13H14FNO2. The Bertz CT molecular complexity index is 441. The van der Waals surface area contributed by atoms with E-state index in [1.54, 1.807) is 12.1 Å². The van der Waals surface area contributed by atoms with Gasteiger partial charge in [0.1, 0.15) is 5.82 Å². The Morgan fingerprint density at radius 2 is 2.24 bits per heavy atom. The van der Waals surface area contributed by atoms with Gasteiger partial charge in [-0.3, -0.25) is 9.59 Å². The highest BCUT2D eigenvalue weighted by atomic mass is 19.1. The first kappa shape index (κ1) is 13.1. The molecule has 4 heteroatoms. The predicted octanol–water partition coefficient (Wildman–Crippen LogP) is 2.18. The first-order chi connectivity index (χ1) is 8.13. The maximum Gasteiger partial charge on any atom is 0.216 e. The van der Waals surface area contributed by atoms with Crippen LogP contribution in [0, 0.1) is 5.82 Å². The van der Waals surface area contributed by atoms with Crippen molar-refractivity contribution in [1.29, 1.82) is 0 Å². The molecule has 3 nitrogen and oxygen atoms in total. The van der Waals surface area contributed by atoms with Crippen molar-refractivity contribution in [2.45, 2.75) is 13.3 Å². The number of hydrogen-bond acceptors (Lipinski definition) is 2. The standard InChI is InChI=1S/C13H14FNO2/c1-10(17)15-7-3-2-4-11-5-6-13(14)12(8-11)9-16/h2,4-6,8-9H,3,7H2,1H3,(H,15,17). The van der Waals surface area contributed by atoms with E-state index in [0.717, 1.165) is 5.56 Å². The van der Waals surface area contributed by atoms with Crippen molar-refractivity contribution in [2.75, 3.05) is 6.54 Å². The number of carbonyl (C=O) groups excluding carboxylic acids is 2. The number of nitrogens with one attached hydrogen (secondary N) is 1. The molecule has 0 fully saturated rings. The Morgan fingerprint density at radius 1 is 1.47 bits per heavy atom. The van der Waals surface area contributed by atoms with Crippen molar-refractivity contribution in [1.82, 2.24) is 5.32 Å². The van der Waals surface area contributed by atoms with Crippen LogP contribution in [0.5, 0.6) is 0 Å². The fourth-order valence-electron chi connectivity index (χ4n) is 1.31. The van der Waals surface area contributed by atoms with Crippen molar-refractivity contribution in [3.05, 3.63) is 41.2 Å². The molecule has 0 aliphatic heterocycles. The molecule has 17 heavy (non-hydrogen) atoms. The van der Waals surface area contributed by atoms with Crippen molar-refractivity contribution in [3.8, 4) is 0 Å². The van der Waals surface area contributed by atoms with Crippen LogP contribution in [-0.4, -0.2) is 18.7 Å². The van der Waals surface area contributed by atoms with E-state index >= 15 is 0 Å². The number of carbonyl (C=O) groups is 2. The molecule has 0 aliphatic rings. The smallest absolute Gasteiger partial charge is 0.216 e. The van der Waals surface area contributed by atoms with Crippen LogP contribution in [0.15, 0.2) is 24.3 Å². The molecule has 0 spiro atoms. The fourth-order valence-corrected chi connectivity index (χ4v) is 1.31. The van der Waals surface area contributed by atoms with E-state index in [0.29, 0.717) is 19.3 Å². The normalized spacial score (nSPS) is 10.5. The van der Waals surface area contributed by atoms with Gasteiger partial charge < -0.3 is 5.32 Å². The summed E-state index contributed by atoms with van der Waals surface area (Å²) in [5.41, 5.74) is 0.810. The molecule has 0 heterocycles. The fraction of sp³-hybridized carbons (Fsp3) is 0.231. The average Bonchev–Trinajstić information content (AvgIpc) is 2.30. The van der Waals surface area contributed by atoms with Crippen LogP contribution in [0.2, 0.25) is 0 Å². The molecule has 90 valence electrons. The Labute approximate surface area is 99.3 Å². The lowest BCUT2D eigenvalue weighted by Gasteiger charge is -1.98. The zero-order chi connectivity index (χ0) is 12.7. The van der Waals surface area contributed by atoms with Gasteiger partial charge in [0.2, 0.25) is 5.91 Å². The lowest BCUT2D eigenvalue weighted by molar-refractivity contribution is -0.118. The van der Waals surface area contributed by atoms with Gasteiger partial charge in [-0.15, -0.1) is 0 Å².